The molecule has 0 radical (unpaired) electrons. The molecule has 1 fully saturated rings. The first-order chi connectivity index (χ1) is 10.2. The van der Waals surface area contributed by atoms with Gasteiger partial charge in [0.15, 0.2) is 0 Å². The van der Waals surface area contributed by atoms with Gasteiger partial charge in [-0.05, 0) is 57.5 Å². The minimum atomic E-state index is -0.000530. The number of benzene rings is 1. The first-order valence-electron chi connectivity index (χ1n) is 7.62. The van der Waals surface area contributed by atoms with Gasteiger partial charge in [0.05, 0.1) is 11.7 Å². The van der Waals surface area contributed by atoms with E-state index in [0.29, 0.717) is 5.56 Å². The molecule has 1 aromatic carbocycles. The number of aromatic nitrogens is 2. The summed E-state index contributed by atoms with van der Waals surface area (Å²) in [7, 11) is 2.17. The minimum absolute atomic E-state index is 0.000530. The molecule has 0 spiro atoms. The average molecular weight is 286 g/mol. The first kappa shape index (κ1) is 14.1. The summed E-state index contributed by atoms with van der Waals surface area (Å²) in [6.45, 7) is 3.11. The van der Waals surface area contributed by atoms with Crippen LogP contribution in [-0.4, -0.2) is 47.7 Å². The minimum Gasteiger partial charge on any atom is -0.352 e. The number of H-pyrrole nitrogens is 1. The van der Waals surface area contributed by atoms with Crippen LogP contribution >= 0.6 is 0 Å². The Morgan fingerprint density at radius 1 is 1.43 bits per heavy atom. The summed E-state index contributed by atoms with van der Waals surface area (Å²) in [5.74, 6) is 0.746. The van der Waals surface area contributed by atoms with Crippen LogP contribution in [0.4, 0.5) is 0 Å². The molecule has 1 aromatic heterocycles. The second-order valence-electron chi connectivity index (χ2n) is 5.96. The maximum atomic E-state index is 12.2. The number of carbonyl (C=O) groups excluding carboxylic acids is 1. The topological polar surface area (TPSA) is 61.0 Å². The van der Waals surface area contributed by atoms with Crippen LogP contribution in [0.3, 0.4) is 0 Å². The molecule has 3 rings (SSSR count). The highest BCUT2D eigenvalue weighted by atomic mass is 16.1. The van der Waals surface area contributed by atoms with Crippen LogP contribution in [0.15, 0.2) is 24.4 Å². The van der Waals surface area contributed by atoms with Crippen LogP contribution in [0, 0.1) is 5.92 Å². The van der Waals surface area contributed by atoms with Gasteiger partial charge in [-0.2, -0.15) is 5.10 Å². The Hall–Kier alpha value is -1.88. The second kappa shape index (κ2) is 6.26. The summed E-state index contributed by atoms with van der Waals surface area (Å²) in [5, 5.41) is 10.9. The molecule has 0 atom stereocenters. The van der Waals surface area contributed by atoms with Gasteiger partial charge in [-0.25, -0.2) is 0 Å². The molecule has 0 bridgehead atoms. The van der Waals surface area contributed by atoms with Gasteiger partial charge in [0.25, 0.3) is 5.91 Å². The normalized spacial score (nSPS) is 17.2. The largest absolute Gasteiger partial charge is 0.352 e. The van der Waals surface area contributed by atoms with Gasteiger partial charge in [0.1, 0.15) is 0 Å². The number of amides is 1. The summed E-state index contributed by atoms with van der Waals surface area (Å²) >= 11 is 0. The predicted octanol–water partition coefficient (Wildman–Crippen LogP) is 2.02. The molecule has 21 heavy (non-hydrogen) atoms. The smallest absolute Gasteiger partial charge is 0.251 e. The Balaban J connectivity index is 1.49. The first-order valence-corrected chi connectivity index (χ1v) is 7.62. The summed E-state index contributed by atoms with van der Waals surface area (Å²) in [6, 6.07) is 5.63. The number of piperidine rings is 1. The number of rotatable bonds is 4. The third-order valence-corrected chi connectivity index (χ3v) is 4.38. The van der Waals surface area contributed by atoms with E-state index in [1.54, 1.807) is 6.20 Å². The van der Waals surface area contributed by atoms with Gasteiger partial charge in [0, 0.05) is 17.5 Å². The van der Waals surface area contributed by atoms with Gasteiger partial charge < -0.3 is 10.2 Å². The van der Waals surface area contributed by atoms with Crippen molar-refractivity contribution in [3.63, 3.8) is 0 Å². The molecule has 112 valence electrons. The van der Waals surface area contributed by atoms with Gasteiger partial charge >= 0.3 is 0 Å². The average Bonchev–Trinajstić information content (AvgIpc) is 2.96. The lowest BCUT2D eigenvalue weighted by atomic mass is 9.94. The maximum Gasteiger partial charge on any atom is 0.251 e. The van der Waals surface area contributed by atoms with Crippen molar-refractivity contribution in [1.29, 1.82) is 0 Å². The quantitative estimate of drug-likeness (QED) is 0.904. The third-order valence-electron chi connectivity index (χ3n) is 4.38. The molecule has 2 N–H and O–H groups in total. The summed E-state index contributed by atoms with van der Waals surface area (Å²) in [6.07, 6.45) is 5.32. The van der Waals surface area contributed by atoms with E-state index in [9.17, 15) is 4.79 Å². The highest BCUT2D eigenvalue weighted by molar-refractivity contribution is 5.97. The number of aromatic amines is 1. The molecule has 1 aliphatic heterocycles. The van der Waals surface area contributed by atoms with E-state index in [-0.39, 0.29) is 5.91 Å². The molecule has 0 aliphatic carbocycles. The third kappa shape index (κ3) is 3.42. The zero-order valence-electron chi connectivity index (χ0n) is 12.4. The van der Waals surface area contributed by atoms with Gasteiger partial charge in [0.2, 0.25) is 0 Å². The van der Waals surface area contributed by atoms with Crippen molar-refractivity contribution in [3.05, 3.63) is 30.0 Å². The van der Waals surface area contributed by atoms with Crippen molar-refractivity contribution in [2.45, 2.75) is 19.3 Å². The predicted molar refractivity (Wildman–Crippen MR) is 83.3 cm³/mol. The van der Waals surface area contributed by atoms with E-state index >= 15 is 0 Å². The Kier molecular flexibility index (Phi) is 4.20. The molecular weight excluding hydrogens is 264 g/mol. The Morgan fingerprint density at radius 3 is 3.05 bits per heavy atom. The van der Waals surface area contributed by atoms with Gasteiger partial charge in [-0.3, -0.25) is 9.89 Å². The summed E-state index contributed by atoms with van der Waals surface area (Å²) < 4.78 is 0. The van der Waals surface area contributed by atoms with Crippen molar-refractivity contribution in [2.75, 3.05) is 26.7 Å². The van der Waals surface area contributed by atoms with Crippen molar-refractivity contribution in [3.8, 4) is 0 Å². The number of fused-ring (bicyclic) bond motifs is 1. The molecule has 5 nitrogen and oxygen atoms in total. The number of likely N-dealkylation sites (tertiary alicyclic amines) is 1. The van der Waals surface area contributed by atoms with Crippen molar-refractivity contribution >= 4 is 16.8 Å². The fraction of sp³-hybridized carbons (Fsp3) is 0.500. The Morgan fingerprint density at radius 2 is 2.24 bits per heavy atom. The number of hydrogen-bond acceptors (Lipinski definition) is 3. The number of hydrogen-bond donors (Lipinski definition) is 2. The molecule has 0 unspecified atom stereocenters. The zero-order chi connectivity index (χ0) is 14.7. The van der Waals surface area contributed by atoms with E-state index < -0.39 is 0 Å². The molecule has 2 heterocycles. The second-order valence-corrected chi connectivity index (χ2v) is 5.96. The highest BCUT2D eigenvalue weighted by Crippen LogP contribution is 2.19. The molecule has 5 heteroatoms. The van der Waals surface area contributed by atoms with Crippen LogP contribution in [0.25, 0.3) is 10.9 Å². The van der Waals surface area contributed by atoms with Crippen LogP contribution in [0.2, 0.25) is 0 Å². The standard InChI is InChI=1S/C16H22N4O/c1-20-8-5-12(6-9-20)4-7-17-16(21)13-2-3-14-11-18-19-15(14)10-13/h2-3,10-12H,4-9H2,1H3,(H,17,21)(H,18,19). The lowest BCUT2D eigenvalue weighted by Crippen LogP contribution is -2.32. The molecule has 1 aliphatic rings. The highest BCUT2D eigenvalue weighted by Gasteiger charge is 2.16. The molecular formula is C16H22N4O. The van der Waals surface area contributed by atoms with Crippen molar-refractivity contribution in [2.24, 2.45) is 5.92 Å². The number of carbonyl (C=O) groups is 1. The van der Waals surface area contributed by atoms with E-state index in [1.165, 1.54) is 25.9 Å². The monoisotopic (exact) mass is 286 g/mol. The van der Waals surface area contributed by atoms with E-state index in [4.69, 9.17) is 0 Å². The number of nitrogens with one attached hydrogen (secondary N) is 2. The lowest BCUT2D eigenvalue weighted by Gasteiger charge is -2.28. The molecule has 0 saturated carbocycles. The molecule has 1 amide bonds. The van der Waals surface area contributed by atoms with E-state index in [2.05, 4.69) is 27.5 Å². The van der Waals surface area contributed by atoms with Gasteiger partial charge in [-0.1, -0.05) is 6.07 Å². The van der Waals surface area contributed by atoms with Crippen LogP contribution < -0.4 is 5.32 Å². The van der Waals surface area contributed by atoms with Crippen LogP contribution in [0.5, 0.6) is 0 Å². The maximum absolute atomic E-state index is 12.2. The summed E-state index contributed by atoms with van der Waals surface area (Å²) in [4.78, 5) is 14.5. The van der Waals surface area contributed by atoms with Crippen molar-refractivity contribution in [1.82, 2.24) is 20.4 Å². The Bertz CT molecular complexity index is 614. The van der Waals surface area contributed by atoms with E-state index in [1.807, 2.05) is 18.2 Å². The fourth-order valence-corrected chi connectivity index (χ4v) is 2.92. The van der Waals surface area contributed by atoms with Gasteiger partial charge in [-0.15, -0.1) is 0 Å². The van der Waals surface area contributed by atoms with Crippen LogP contribution in [0.1, 0.15) is 29.6 Å². The number of nitrogens with zero attached hydrogens (tertiary/aromatic N) is 2. The zero-order valence-corrected chi connectivity index (χ0v) is 12.4. The molecule has 2 aromatic rings. The Labute approximate surface area is 124 Å². The lowest BCUT2D eigenvalue weighted by molar-refractivity contribution is 0.0949. The fourth-order valence-electron chi connectivity index (χ4n) is 2.92. The van der Waals surface area contributed by atoms with E-state index in [0.717, 1.165) is 29.8 Å². The SMILES string of the molecule is CN1CCC(CCNC(=O)c2ccc3cn[nH]c3c2)CC1. The van der Waals surface area contributed by atoms with Crippen molar-refractivity contribution < 1.29 is 4.79 Å². The summed E-state index contributed by atoms with van der Waals surface area (Å²) in [5.41, 5.74) is 1.59. The molecule has 1 saturated heterocycles. The van der Waals surface area contributed by atoms with Crippen LogP contribution in [-0.2, 0) is 0 Å².